The van der Waals surface area contributed by atoms with Crippen molar-refractivity contribution in [2.45, 2.75) is 39.0 Å². The summed E-state index contributed by atoms with van der Waals surface area (Å²) in [7, 11) is 0. The smallest absolute Gasteiger partial charge is 0.385 e. The zero-order valence-electron chi connectivity index (χ0n) is 10.2. The van der Waals surface area contributed by atoms with E-state index in [1.807, 2.05) is 6.92 Å². The molecule has 1 N–H and O–H groups in total. The number of hydrogen-bond acceptors (Lipinski definition) is 2. The van der Waals surface area contributed by atoms with Crippen LogP contribution in [-0.4, -0.2) is 17.0 Å². The molecule has 0 saturated heterocycles. The van der Waals surface area contributed by atoms with Gasteiger partial charge in [0.25, 0.3) is 0 Å². The molecular formula is C13H15F3O2. The largest absolute Gasteiger partial charge is 0.416 e. The van der Waals surface area contributed by atoms with Crippen LogP contribution in [-0.2, 0) is 6.18 Å². The Hall–Kier alpha value is -1.36. The van der Waals surface area contributed by atoms with Gasteiger partial charge >= 0.3 is 6.18 Å². The molecule has 18 heavy (non-hydrogen) atoms. The van der Waals surface area contributed by atoms with Crippen molar-refractivity contribution in [3.63, 3.8) is 0 Å². The second-order valence-corrected chi connectivity index (χ2v) is 4.20. The van der Waals surface area contributed by atoms with Crippen LogP contribution in [0.3, 0.4) is 0 Å². The highest BCUT2D eigenvalue weighted by molar-refractivity contribution is 6.00. The minimum absolute atomic E-state index is 0.143. The van der Waals surface area contributed by atoms with Gasteiger partial charge in [-0.1, -0.05) is 19.4 Å². The van der Waals surface area contributed by atoms with E-state index in [0.717, 1.165) is 18.2 Å². The minimum atomic E-state index is -4.42. The fourth-order valence-corrected chi connectivity index (χ4v) is 1.70. The van der Waals surface area contributed by atoms with Gasteiger partial charge in [-0.3, -0.25) is 4.79 Å². The Morgan fingerprint density at radius 1 is 1.39 bits per heavy atom. The highest BCUT2D eigenvalue weighted by atomic mass is 19.4. The van der Waals surface area contributed by atoms with Crippen LogP contribution in [0.1, 0.15) is 41.3 Å². The number of aliphatic hydroxyl groups excluding tert-OH is 1. The average Bonchev–Trinajstić information content (AvgIpc) is 2.27. The summed E-state index contributed by atoms with van der Waals surface area (Å²) in [5.74, 6) is -0.525. The highest BCUT2D eigenvalue weighted by Gasteiger charge is 2.31. The Bertz CT molecular complexity index is 438. The SMILES string of the molecule is CCCC(O)C(=O)c1ccc(C(F)(F)F)cc1C. The standard InChI is InChI=1S/C13H15F3O2/c1-3-4-11(17)12(18)10-6-5-9(7-8(10)2)13(14,15)16/h5-7,11,17H,3-4H2,1-2H3. The van der Waals surface area contributed by atoms with Crippen LogP contribution in [0.15, 0.2) is 18.2 Å². The van der Waals surface area contributed by atoms with Crippen LogP contribution in [0.4, 0.5) is 13.2 Å². The molecule has 0 aliphatic carbocycles. The van der Waals surface area contributed by atoms with Crippen LogP contribution in [0.2, 0.25) is 0 Å². The van der Waals surface area contributed by atoms with E-state index < -0.39 is 23.6 Å². The average molecular weight is 260 g/mol. The molecule has 1 aromatic carbocycles. The topological polar surface area (TPSA) is 37.3 Å². The van der Waals surface area contributed by atoms with Crippen LogP contribution in [0.25, 0.3) is 0 Å². The van der Waals surface area contributed by atoms with E-state index in [1.54, 1.807) is 0 Å². The lowest BCUT2D eigenvalue weighted by Crippen LogP contribution is -2.21. The zero-order chi connectivity index (χ0) is 13.9. The third kappa shape index (κ3) is 3.32. The molecule has 0 radical (unpaired) electrons. The maximum atomic E-state index is 12.4. The molecule has 1 aromatic rings. The van der Waals surface area contributed by atoms with Crippen molar-refractivity contribution >= 4 is 5.78 Å². The van der Waals surface area contributed by atoms with Crippen molar-refractivity contribution in [1.29, 1.82) is 0 Å². The maximum absolute atomic E-state index is 12.4. The number of rotatable bonds is 4. The molecule has 0 bridgehead atoms. The van der Waals surface area contributed by atoms with Crippen molar-refractivity contribution in [3.05, 3.63) is 34.9 Å². The molecular weight excluding hydrogens is 245 g/mol. The maximum Gasteiger partial charge on any atom is 0.416 e. The van der Waals surface area contributed by atoms with Crippen LogP contribution in [0.5, 0.6) is 0 Å². The number of hydrogen-bond donors (Lipinski definition) is 1. The molecule has 100 valence electrons. The van der Waals surface area contributed by atoms with Crippen LogP contribution >= 0.6 is 0 Å². The Morgan fingerprint density at radius 3 is 2.44 bits per heavy atom. The van der Waals surface area contributed by atoms with Gasteiger partial charge in [-0.25, -0.2) is 0 Å². The first-order valence-electron chi connectivity index (χ1n) is 5.67. The van der Waals surface area contributed by atoms with E-state index in [0.29, 0.717) is 12.8 Å². The fraction of sp³-hybridized carbons (Fsp3) is 0.462. The minimum Gasteiger partial charge on any atom is -0.385 e. The van der Waals surface area contributed by atoms with Gasteiger partial charge in [0.1, 0.15) is 6.10 Å². The lowest BCUT2D eigenvalue weighted by molar-refractivity contribution is -0.137. The second-order valence-electron chi connectivity index (χ2n) is 4.20. The number of Topliss-reactive ketones (excluding diaryl/α,β-unsaturated/α-hetero) is 1. The molecule has 1 unspecified atom stereocenters. The Morgan fingerprint density at radius 2 is 2.00 bits per heavy atom. The Labute approximate surface area is 103 Å². The Kier molecular flexibility index (Phi) is 4.51. The van der Waals surface area contributed by atoms with Crippen molar-refractivity contribution in [2.75, 3.05) is 0 Å². The molecule has 0 fully saturated rings. The molecule has 0 aliphatic rings. The fourth-order valence-electron chi connectivity index (χ4n) is 1.70. The predicted molar refractivity (Wildman–Crippen MR) is 61.4 cm³/mol. The van der Waals surface area contributed by atoms with Crippen molar-refractivity contribution < 1.29 is 23.1 Å². The summed E-state index contributed by atoms with van der Waals surface area (Å²) < 4.78 is 37.3. The first-order chi connectivity index (χ1) is 8.27. The van der Waals surface area contributed by atoms with Gasteiger partial charge in [0.2, 0.25) is 0 Å². The molecule has 0 heterocycles. The normalized spacial score (nSPS) is 13.4. The van der Waals surface area contributed by atoms with Crippen molar-refractivity contribution in [2.24, 2.45) is 0 Å². The summed E-state index contributed by atoms with van der Waals surface area (Å²) in [5, 5.41) is 9.55. The van der Waals surface area contributed by atoms with Gasteiger partial charge in [0.15, 0.2) is 5.78 Å². The number of carbonyl (C=O) groups is 1. The van der Waals surface area contributed by atoms with E-state index in [4.69, 9.17) is 0 Å². The van der Waals surface area contributed by atoms with Crippen LogP contribution in [0, 0.1) is 6.92 Å². The number of alkyl halides is 3. The molecule has 1 atom stereocenters. The summed E-state index contributed by atoms with van der Waals surface area (Å²) in [6.45, 7) is 3.25. The number of halogens is 3. The van der Waals surface area contributed by atoms with Gasteiger partial charge in [0.05, 0.1) is 5.56 Å². The van der Waals surface area contributed by atoms with E-state index in [-0.39, 0.29) is 11.1 Å². The van der Waals surface area contributed by atoms with Crippen LogP contribution < -0.4 is 0 Å². The Balaban J connectivity index is 3.03. The van der Waals surface area contributed by atoms with E-state index in [2.05, 4.69) is 0 Å². The highest BCUT2D eigenvalue weighted by Crippen LogP contribution is 2.30. The predicted octanol–water partition coefficient (Wildman–Crippen LogP) is 3.36. The van der Waals surface area contributed by atoms with Gasteiger partial charge in [-0.05, 0) is 31.0 Å². The molecule has 0 spiro atoms. The quantitative estimate of drug-likeness (QED) is 0.843. The number of benzene rings is 1. The summed E-state index contributed by atoms with van der Waals surface area (Å²) >= 11 is 0. The van der Waals surface area contributed by atoms with E-state index in [1.165, 1.54) is 6.92 Å². The number of carbonyl (C=O) groups excluding carboxylic acids is 1. The molecule has 0 saturated carbocycles. The second kappa shape index (κ2) is 5.52. The van der Waals surface area contributed by atoms with Gasteiger partial charge < -0.3 is 5.11 Å². The molecule has 0 aromatic heterocycles. The van der Waals surface area contributed by atoms with Crippen molar-refractivity contribution in [1.82, 2.24) is 0 Å². The molecule has 0 amide bonds. The van der Waals surface area contributed by atoms with Crippen molar-refractivity contribution in [3.8, 4) is 0 Å². The number of aliphatic hydroxyl groups is 1. The summed E-state index contributed by atoms with van der Waals surface area (Å²) in [6.07, 6.45) is -4.63. The summed E-state index contributed by atoms with van der Waals surface area (Å²) in [5.41, 5.74) is -0.421. The van der Waals surface area contributed by atoms with Gasteiger partial charge in [0, 0.05) is 5.56 Å². The van der Waals surface area contributed by atoms with E-state index >= 15 is 0 Å². The third-order valence-electron chi connectivity index (χ3n) is 2.68. The third-order valence-corrected chi connectivity index (χ3v) is 2.68. The first kappa shape index (κ1) is 14.7. The molecule has 2 nitrogen and oxygen atoms in total. The first-order valence-corrected chi connectivity index (χ1v) is 5.67. The van der Waals surface area contributed by atoms with E-state index in [9.17, 15) is 23.1 Å². The lowest BCUT2D eigenvalue weighted by Gasteiger charge is -2.13. The molecule has 5 heteroatoms. The summed E-state index contributed by atoms with van der Waals surface area (Å²) in [6, 6.07) is 2.91. The van der Waals surface area contributed by atoms with Gasteiger partial charge in [-0.2, -0.15) is 13.2 Å². The zero-order valence-corrected chi connectivity index (χ0v) is 10.2. The lowest BCUT2D eigenvalue weighted by atomic mass is 9.97. The molecule has 1 rings (SSSR count). The number of aryl methyl sites for hydroxylation is 1. The summed E-state index contributed by atoms with van der Waals surface area (Å²) in [4.78, 5) is 11.8. The number of ketones is 1. The van der Waals surface area contributed by atoms with Gasteiger partial charge in [-0.15, -0.1) is 0 Å². The monoisotopic (exact) mass is 260 g/mol. The molecule has 0 aliphatic heterocycles.